The number of likely N-dealkylation sites (tertiary alicyclic amines) is 1. The molecule has 0 amide bonds. The number of nitriles is 1. The summed E-state index contributed by atoms with van der Waals surface area (Å²) in [7, 11) is 0. The molecule has 1 fully saturated rings. The van der Waals surface area contributed by atoms with Gasteiger partial charge in [-0.25, -0.2) is 24.9 Å². The summed E-state index contributed by atoms with van der Waals surface area (Å²) >= 11 is 0. The molecule has 0 atom stereocenters. The number of nitrogens with zero attached hydrogens (tertiary/aromatic N) is 9. The zero-order valence-corrected chi connectivity index (χ0v) is 25.9. The lowest BCUT2D eigenvalue weighted by molar-refractivity contribution is 0.211. The smallest absolute Gasteiger partial charge is 0.234 e. The Labute approximate surface area is 272 Å². The number of pyridine rings is 3. The van der Waals surface area contributed by atoms with Crippen molar-refractivity contribution < 1.29 is 4.74 Å². The maximum atomic E-state index is 9.08. The van der Waals surface area contributed by atoms with Crippen LogP contribution < -0.4 is 15.8 Å². The van der Waals surface area contributed by atoms with E-state index in [-0.39, 0.29) is 5.82 Å². The second-order valence-electron chi connectivity index (χ2n) is 11.3. The number of hydrogen-bond acceptors (Lipinski definition) is 11. The van der Waals surface area contributed by atoms with Crippen LogP contribution in [-0.2, 0) is 6.54 Å². The molecule has 3 N–H and O–H groups in total. The summed E-state index contributed by atoms with van der Waals surface area (Å²) < 4.78 is 7.60. The first-order valence-electron chi connectivity index (χ1n) is 15.6. The summed E-state index contributed by atoms with van der Waals surface area (Å²) in [6.45, 7) is 5.28. The molecule has 0 bridgehead atoms. The number of hydrogen-bond donors (Lipinski definition) is 2. The van der Waals surface area contributed by atoms with Crippen molar-refractivity contribution >= 4 is 22.8 Å². The minimum Gasteiger partial charge on any atom is -0.492 e. The minimum atomic E-state index is 0.177. The van der Waals surface area contributed by atoms with E-state index in [0.717, 1.165) is 66.4 Å². The van der Waals surface area contributed by atoms with E-state index in [1.165, 1.54) is 5.56 Å². The quantitative estimate of drug-likeness (QED) is 0.216. The number of rotatable bonds is 9. The molecule has 7 rings (SSSR count). The number of nitrogens with one attached hydrogen (secondary N) is 1. The van der Waals surface area contributed by atoms with Gasteiger partial charge in [0, 0.05) is 43.8 Å². The summed E-state index contributed by atoms with van der Waals surface area (Å²) in [4.78, 5) is 29.6. The molecule has 5 aromatic heterocycles. The van der Waals surface area contributed by atoms with Crippen molar-refractivity contribution in [3.05, 3.63) is 96.7 Å². The van der Waals surface area contributed by atoms with Gasteiger partial charge in [-0.2, -0.15) is 5.26 Å². The van der Waals surface area contributed by atoms with E-state index in [2.05, 4.69) is 54.4 Å². The lowest BCUT2D eigenvalue weighted by Crippen LogP contribution is -2.38. The summed E-state index contributed by atoms with van der Waals surface area (Å²) in [6.07, 6.45) is 6.97. The third-order valence-corrected chi connectivity index (χ3v) is 8.19. The van der Waals surface area contributed by atoms with Crippen molar-refractivity contribution in [3.8, 4) is 40.3 Å². The van der Waals surface area contributed by atoms with E-state index in [1.54, 1.807) is 24.7 Å². The highest BCUT2D eigenvalue weighted by molar-refractivity contribution is 5.84. The van der Waals surface area contributed by atoms with Crippen LogP contribution in [0.3, 0.4) is 0 Å². The van der Waals surface area contributed by atoms with Crippen molar-refractivity contribution in [2.45, 2.75) is 32.4 Å². The van der Waals surface area contributed by atoms with E-state index in [9.17, 15) is 0 Å². The molecular formula is C35H33N11O. The van der Waals surface area contributed by atoms with Crippen LogP contribution in [0, 0.1) is 11.3 Å². The Bertz CT molecular complexity index is 2040. The molecule has 1 saturated heterocycles. The summed E-state index contributed by atoms with van der Waals surface area (Å²) in [5, 5.41) is 12.5. The normalized spacial score (nSPS) is 13.8. The monoisotopic (exact) mass is 623 g/mol. The summed E-state index contributed by atoms with van der Waals surface area (Å²) in [6, 6.07) is 24.1. The topological polar surface area (TPSA) is 157 Å². The Balaban J connectivity index is 1.13. The number of aromatic nitrogens is 7. The molecule has 0 aliphatic carbocycles. The highest BCUT2D eigenvalue weighted by Crippen LogP contribution is 2.32. The molecule has 0 spiro atoms. The molecule has 1 aromatic carbocycles. The van der Waals surface area contributed by atoms with Crippen LogP contribution in [0.2, 0.25) is 0 Å². The molecule has 1 aliphatic rings. The van der Waals surface area contributed by atoms with Gasteiger partial charge in [0.05, 0.1) is 29.8 Å². The molecule has 12 heteroatoms. The zero-order chi connectivity index (χ0) is 32.2. The first-order chi connectivity index (χ1) is 23.1. The molecule has 0 unspecified atom stereocenters. The van der Waals surface area contributed by atoms with E-state index in [4.69, 9.17) is 25.7 Å². The molecule has 47 heavy (non-hydrogen) atoms. The number of piperidine rings is 1. The Hall–Kier alpha value is -5.93. The van der Waals surface area contributed by atoms with Crippen LogP contribution in [-0.4, -0.2) is 65.1 Å². The predicted molar refractivity (Wildman–Crippen MR) is 180 cm³/mol. The van der Waals surface area contributed by atoms with E-state index in [1.807, 2.05) is 54.0 Å². The lowest BCUT2D eigenvalue weighted by Gasteiger charge is -2.32. The summed E-state index contributed by atoms with van der Waals surface area (Å²) in [5.74, 6) is 2.66. The van der Waals surface area contributed by atoms with Gasteiger partial charge in [-0.3, -0.25) is 14.5 Å². The van der Waals surface area contributed by atoms with Gasteiger partial charge in [0.25, 0.3) is 0 Å². The zero-order valence-electron chi connectivity index (χ0n) is 25.9. The summed E-state index contributed by atoms with van der Waals surface area (Å²) in [5.41, 5.74) is 12.1. The van der Waals surface area contributed by atoms with E-state index >= 15 is 0 Å². The maximum Gasteiger partial charge on any atom is 0.234 e. The van der Waals surface area contributed by atoms with Gasteiger partial charge in [-0.05, 0) is 79.9 Å². The first kappa shape index (κ1) is 29.8. The Kier molecular flexibility index (Phi) is 8.36. The average molecular weight is 624 g/mol. The number of nitrogens with two attached hydrogens (primary N) is 1. The van der Waals surface area contributed by atoms with Gasteiger partial charge in [0.1, 0.15) is 29.0 Å². The predicted octanol–water partition coefficient (Wildman–Crippen LogP) is 5.26. The van der Waals surface area contributed by atoms with Crippen LogP contribution in [0.4, 0.5) is 11.6 Å². The van der Waals surface area contributed by atoms with Crippen LogP contribution in [0.5, 0.6) is 5.75 Å². The fourth-order valence-corrected chi connectivity index (χ4v) is 5.86. The SMILES string of the molecule is CCOc1ccc(-c2ccc3nc(-c4cccnc4N)n(-c4ccc(CN5CCC(Nc6ccnc(C#N)n6)CC5)cc4)c3n2)nc1. The fourth-order valence-electron chi connectivity index (χ4n) is 5.86. The number of ether oxygens (including phenoxy) is 1. The molecule has 12 nitrogen and oxygen atoms in total. The minimum absolute atomic E-state index is 0.177. The van der Waals surface area contributed by atoms with Gasteiger partial charge in [0.15, 0.2) is 11.5 Å². The van der Waals surface area contributed by atoms with Crippen LogP contribution in [0.15, 0.2) is 85.3 Å². The largest absolute Gasteiger partial charge is 0.492 e. The van der Waals surface area contributed by atoms with Gasteiger partial charge in [-0.15, -0.1) is 0 Å². The van der Waals surface area contributed by atoms with Gasteiger partial charge in [-0.1, -0.05) is 12.1 Å². The van der Waals surface area contributed by atoms with Crippen LogP contribution in [0.25, 0.3) is 39.6 Å². The fraction of sp³-hybridized carbons (Fsp3) is 0.229. The highest BCUT2D eigenvalue weighted by atomic mass is 16.5. The molecule has 0 radical (unpaired) electrons. The molecule has 6 aromatic rings. The van der Waals surface area contributed by atoms with Crippen LogP contribution in [0.1, 0.15) is 31.2 Å². The van der Waals surface area contributed by atoms with Gasteiger partial charge < -0.3 is 15.8 Å². The van der Waals surface area contributed by atoms with E-state index < -0.39 is 0 Å². The maximum absolute atomic E-state index is 9.08. The molecular weight excluding hydrogens is 590 g/mol. The third kappa shape index (κ3) is 6.43. The number of benzene rings is 1. The van der Waals surface area contributed by atoms with Crippen LogP contribution >= 0.6 is 0 Å². The van der Waals surface area contributed by atoms with Crippen molar-refractivity contribution in [1.82, 2.24) is 39.4 Å². The van der Waals surface area contributed by atoms with Gasteiger partial charge in [0.2, 0.25) is 5.82 Å². The molecule has 0 saturated carbocycles. The van der Waals surface area contributed by atoms with E-state index in [0.29, 0.717) is 35.8 Å². The van der Waals surface area contributed by atoms with Crippen molar-refractivity contribution in [1.29, 1.82) is 5.26 Å². The Morgan fingerprint density at radius 2 is 1.74 bits per heavy atom. The second kappa shape index (κ2) is 13.2. The average Bonchev–Trinajstić information content (AvgIpc) is 3.49. The number of nitrogen functional groups attached to an aromatic ring is 1. The van der Waals surface area contributed by atoms with Gasteiger partial charge >= 0.3 is 0 Å². The third-order valence-electron chi connectivity index (χ3n) is 8.19. The Morgan fingerprint density at radius 3 is 2.49 bits per heavy atom. The van der Waals surface area contributed by atoms with Crippen molar-refractivity contribution in [2.24, 2.45) is 0 Å². The number of imidazole rings is 1. The molecule has 234 valence electrons. The Morgan fingerprint density at radius 1 is 0.915 bits per heavy atom. The standard InChI is InChI=1S/C35H33N11O/c1-2-47-26-9-10-28(40-21-26)29-11-12-30-35(42-29)46(34(43-30)27-4-3-16-39-33(27)37)25-7-5-23(6-8-25)22-45-18-14-24(15-19-45)41-31-13-17-38-32(20-36)44-31/h3-13,16-17,21,24H,2,14-15,18-19,22H2,1H3,(H2,37,39)(H,38,41,44). The van der Waals surface area contributed by atoms with Crippen molar-refractivity contribution in [3.63, 3.8) is 0 Å². The van der Waals surface area contributed by atoms with Crippen molar-refractivity contribution in [2.75, 3.05) is 30.7 Å². The lowest BCUT2D eigenvalue weighted by atomic mass is 10.0. The molecule has 1 aliphatic heterocycles. The second-order valence-corrected chi connectivity index (χ2v) is 11.3. The highest BCUT2D eigenvalue weighted by Gasteiger charge is 2.21. The number of fused-ring (bicyclic) bond motifs is 1. The number of anilines is 2. The first-order valence-corrected chi connectivity index (χ1v) is 15.6. The molecule has 6 heterocycles.